The lowest BCUT2D eigenvalue weighted by atomic mass is 10.3. The van der Waals surface area contributed by atoms with Gasteiger partial charge in [0, 0.05) is 17.3 Å². The summed E-state index contributed by atoms with van der Waals surface area (Å²) in [6.45, 7) is 5.97. The maximum atomic E-state index is 4.26. The van der Waals surface area contributed by atoms with E-state index >= 15 is 0 Å². The molecule has 2 aromatic rings. The summed E-state index contributed by atoms with van der Waals surface area (Å²) in [6, 6.07) is 7.95. The van der Waals surface area contributed by atoms with Crippen LogP contribution in [-0.4, -0.2) is 9.97 Å². The monoisotopic (exact) mass is 174 g/mol. The van der Waals surface area contributed by atoms with Crippen LogP contribution in [0.4, 0.5) is 0 Å². The van der Waals surface area contributed by atoms with Gasteiger partial charge in [-0.3, -0.25) is 0 Å². The fourth-order valence-electron chi connectivity index (χ4n) is 1.05. The van der Waals surface area contributed by atoms with Crippen molar-refractivity contribution in [2.75, 3.05) is 0 Å². The van der Waals surface area contributed by atoms with E-state index in [1.165, 1.54) is 0 Å². The standard InChI is InChI=1S/C9H8N2.C2H6/c1-7-4-5-8-3-2-6-10-9(8)11-7;1-2/h2-6H,1H3;1-2H3. The lowest BCUT2D eigenvalue weighted by Crippen LogP contribution is -1.84. The first-order valence-electron chi connectivity index (χ1n) is 4.55. The molecule has 0 unspecified atom stereocenters. The molecule has 2 aromatic heterocycles. The molecule has 0 amide bonds. The second-order valence-corrected chi connectivity index (χ2v) is 2.50. The second kappa shape index (κ2) is 4.55. The Kier molecular flexibility index (Phi) is 3.38. The molecular weight excluding hydrogens is 160 g/mol. The van der Waals surface area contributed by atoms with Crippen LogP contribution in [0.2, 0.25) is 0 Å². The van der Waals surface area contributed by atoms with E-state index in [0.717, 1.165) is 16.7 Å². The van der Waals surface area contributed by atoms with Crippen LogP contribution in [0, 0.1) is 6.92 Å². The van der Waals surface area contributed by atoms with Gasteiger partial charge in [-0.25, -0.2) is 9.97 Å². The van der Waals surface area contributed by atoms with Gasteiger partial charge < -0.3 is 0 Å². The highest BCUT2D eigenvalue weighted by Crippen LogP contribution is 2.07. The molecule has 0 saturated carbocycles. The molecule has 0 saturated heterocycles. The fraction of sp³-hybridized carbons (Fsp3) is 0.273. The number of hydrogen-bond donors (Lipinski definition) is 0. The van der Waals surface area contributed by atoms with Crippen LogP contribution in [-0.2, 0) is 0 Å². The lowest BCUT2D eigenvalue weighted by Gasteiger charge is -1.94. The Morgan fingerprint density at radius 1 is 1.08 bits per heavy atom. The SMILES string of the molecule is CC.Cc1ccc2cccnc2n1. The maximum absolute atomic E-state index is 4.26. The summed E-state index contributed by atoms with van der Waals surface area (Å²) in [7, 11) is 0. The molecule has 0 bridgehead atoms. The quantitative estimate of drug-likeness (QED) is 0.613. The van der Waals surface area contributed by atoms with Crippen molar-refractivity contribution in [1.29, 1.82) is 0 Å². The van der Waals surface area contributed by atoms with Gasteiger partial charge in [-0.05, 0) is 31.2 Å². The minimum atomic E-state index is 0.826. The lowest BCUT2D eigenvalue weighted by molar-refractivity contribution is 1.20. The molecule has 2 rings (SSSR count). The molecule has 0 N–H and O–H groups in total. The average Bonchev–Trinajstić information content (AvgIpc) is 2.21. The largest absolute Gasteiger partial charge is 0.237 e. The zero-order valence-electron chi connectivity index (χ0n) is 8.28. The zero-order valence-corrected chi connectivity index (χ0v) is 8.28. The predicted molar refractivity (Wildman–Crippen MR) is 55.6 cm³/mol. The summed E-state index contributed by atoms with van der Waals surface area (Å²) in [5.41, 5.74) is 1.84. The van der Waals surface area contributed by atoms with Crippen molar-refractivity contribution in [3.8, 4) is 0 Å². The number of pyridine rings is 2. The van der Waals surface area contributed by atoms with Crippen molar-refractivity contribution in [1.82, 2.24) is 9.97 Å². The Bertz CT molecular complexity index is 383. The van der Waals surface area contributed by atoms with Crippen molar-refractivity contribution >= 4 is 11.0 Å². The van der Waals surface area contributed by atoms with E-state index in [9.17, 15) is 0 Å². The molecule has 0 spiro atoms. The molecule has 0 aliphatic carbocycles. The number of aryl methyl sites for hydroxylation is 1. The summed E-state index contributed by atoms with van der Waals surface area (Å²) in [5, 5.41) is 1.10. The Balaban J connectivity index is 0.000000396. The summed E-state index contributed by atoms with van der Waals surface area (Å²) >= 11 is 0. The highest BCUT2D eigenvalue weighted by atomic mass is 14.8. The van der Waals surface area contributed by atoms with Crippen LogP contribution in [0.25, 0.3) is 11.0 Å². The molecule has 2 nitrogen and oxygen atoms in total. The topological polar surface area (TPSA) is 25.8 Å². The number of fused-ring (bicyclic) bond motifs is 1. The van der Waals surface area contributed by atoms with E-state index < -0.39 is 0 Å². The molecule has 0 fully saturated rings. The van der Waals surface area contributed by atoms with Gasteiger partial charge >= 0.3 is 0 Å². The first-order chi connectivity index (χ1) is 6.36. The molecule has 0 atom stereocenters. The first-order valence-corrected chi connectivity index (χ1v) is 4.55. The van der Waals surface area contributed by atoms with Gasteiger partial charge in [-0.1, -0.05) is 13.8 Å². The first kappa shape index (κ1) is 9.65. The Labute approximate surface area is 78.7 Å². The predicted octanol–water partition coefficient (Wildman–Crippen LogP) is 2.96. The minimum Gasteiger partial charge on any atom is -0.237 e. The average molecular weight is 174 g/mol. The van der Waals surface area contributed by atoms with Gasteiger partial charge in [0.15, 0.2) is 5.65 Å². The third-order valence-electron chi connectivity index (χ3n) is 1.60. The van der Waals surface area contributed by atoms with Crippen molar-refractivity contribution in [2.45, 2.75) is 20.8 Å². The van der Waals surface area contributed by atoms with Crippen molar-refractivity contribution < 1.29 is 0 Å². The highest BCUT2D eigenvalue weighted by molar-refractivity contribution is 5.73. The summed E-state index contributed by atoms with van der Waals surface area (Å²) in [4.78, 5) is 8.40. The van der Waals surface area contributed by atoms with E-state index in [1.807, 2.05) is 45.0 Å². The van der Waals surface area contributed by atoms with Gasteiger partial charge in [-0.15, -0.1) is 0 Å². The Hall–Kier alpha value is -1.44. The molecule has 2 heterocycles. The van der Waals surface area contributed by atoms with Crippen LogP contribution in [0.1, 0.15) is 19.5 Å². The molecule has 2 heteroatoms. The number of nitrogens with zero attached hydrogens (tertiary/aromatic N) is 2. The molecule has 0 aliphatic rings. The normalized spacial score (nSPS) is 9.15. The van der Waals surface area contributed by atoms with Crippen molar-refractivity contribution in [3.05, 3.63) is 36.2 Å². The molecule has 68 valence electrons. The zero-order chi connectivity index (χ0) is 9.68. The molecule has 13 heavy (non-hydrogen) atoms. The van der Waals surface area contributed by atoms with Gasteiger partial charge in [-0.2, -0.15) is 0 Å². The van der Waals surface area contributed by atoms with Gasteiger partial charge in [0.25, 0.3) is 0 Å². The fourth-order valence-corrected chi connectivity index (χ4v) is 1.05. The minimum absolute atomic E-state index is 0.826. The smallest absolute Gasteiger partial charge is 0.159 e. The van der Waals surface area contributed by atoms with Crippen molar-refractivity contribution in [3.63, 3.8) is 0 Å². The summed E-state index contributed by atoms with van der Waals surface area (Å²) < 4.78 is 0. The van der Waals surface area contributed by atoms with Gasteiger partial charge in [0.05, 0.1) is 0 Å². The van der Waals surface area contributed by atoms with E-state index in [4.69, 9.17) is 0 Å². The molecule has 0 radical (unpaired) electrons. The second-order valence-electron chi connectivity index (χ2n) is 2.50. The number of hydrogen-bond acceptors (Lipinski definition) is 2. The van der Waals surface area contributed by atoms with Crippen LogP contribution in [0.5, 0.6) is 0 Å². The Morgan fingerprint density at radius 3 is 2.62 bits per heavy atom. The highest BCUT2D eigenvalue weighted by Gasteiger charge is 1.92. The summed E-state index contributed by atoms with van der Waals surface area (Å²) in [5.74, 6) is 0. The maximum Gasteiger partial charge on any atom is 0.159 e. The number of rotatable bonds is 0. The van der Waals surface area contributed by atoms with Gasteiger partial charge in [0.1, 0.15) is 0 Å². The molecular formula is C11H14N2. The number of aromatic nitrogens is 2. The van der Waals surface area contributed by atoms with Crippen LogP contribution in [0.15, 0.2) is 30.5 Å². The van der Waals surface area contributed by atoms with E-state index in [2.05, 4.69) is 9.97 Å². The van der Waals surface area contributed by atoms with E-state index in [1.54, 1.807) is 6.20 Å². The summed E-state index contributed by atoms with van der Waals surface area (Å²) in [6.07, 6.45) is 1.76. The van der Waals surface area contributed by atoms with Gasteiger partial charge in [0.2, 0.25) is 0 Å². The van der Waals surface area contributed by atoms with E-state index in [0.29, 0.717) is 0 Å². The molecule has 0 aromatic carbocycles. The molecule has 0 aliphatic heterocycles. The van der Waals surface area contributed by atoms with Crippen LogP contribution in [0.3, 0.4) is 0 Å². The third-order valence-corrected chi connectivity index (χ3v) is 1.60. The van der Waals surface area contributed by atoms with E-state index in [-0.39, 0.29) is 0 Å². The van der Waals surface area contributed by atoms with Crippen molar-refractivity contribution in [2.24, 2.45) is 0 Å². The Morgan fingerprint density at radius 2 is 1.85 bits per heavy atom. The third kappa shape index (κ3) is 2.25. The van der Waals surface area contributed by atoms with Crippen LogP contribution < -0.4 is 0 Å². The van der Waals surface area contributed by atoms with Crippen LogP contribution >= 0.6 is 0 Å².